The van der Waals surface area contributed by atoms with Gasteiger partial charge in [-0.15, -0.1) is 0 Å². The molecule has 8 heteroatoms. The number of carboxylic acid groups (broad SMARTS) is 1. The number of carboxylic acids is 1. The molecule has 5 rings (SSSR count). The van der Waals surface area contributed by atoms with Crippen LogP contribution in [0.1, 0.15) is 16.7 Å². The highest BCUT2D eigenvalue weighted by Crippen LogP contribution is 2.21. The van der Waals surface area contributed by atoms with Crippen molar-refractivity contribution in [3.05, 3.63) is 83.8 Å². The fourth-order valence-corrected chi connectivity index (χ4v) is 3.77. The standard InChI is InChI=1S/C24H22N6O2/c31-23(32)11-18-14-27-21-4-2-16(10-19(18)21)13-29-24-26-8-6-22(30-24)28-12-15-1-3-20-17(9-15)5-7-25-20/h1-10,14,25,27H,11-13H2,(H,31,32)(H2,26,28,29,30). The SMILES string of the molecule is O=C(O)Cc1c[nH]c2ccc(CNc3nccc(NCc4ccc5[nH]ccc5c4)n3)cc12. The molecule has 3 heterocycles. The molecule has 0 spiro atoms. The molecule has 3 aromatic heterocycles. The average molecular weight is 426 g/mol. The summed E-state index contributed by atoms with van der Waals surface area (Å²) >= 11 is 0. The quantitative estimate of drug-likeness (QED) is 0.253. The van der Waals surface area contributed by atoms with Crippen LogP contribution in [0.15, 0.2) is 67.1 Å². The number of nitrogens with zero attached hydrogens (tertiary/aromatic N) is 2. The van der Waals surface area contributed by atoms with Gasteiger partial charge in [0.25, 0.3) is 0 Å². The minimum absolute atomic E-state index is 0.00920. The summed E-state index contributed by atoms with van der Waals surface area (Å²) in [5.41, 5.74) is 5.00. The van der Waals surface area contributed by atoms with Crippen molar-refractivity contribution >= 4 is 39.5 Å². The minimum Gasteiger partial charge on any atom is -0.481 e. The number of benzene rings is 2. The first-order chi connectivity index (χ1) is 15.6. The highest BCUT2D eigenvalue weighted by molar-refractivity contribution is 5.87. The van der Waals surface area contributed by atoms with Gasteiger partial charge >= 0.3 is 5.97 Å². The van der Waals surface area contributed by atoms with E-state index in [9.17, 15) is 4.79 Å². The molecule has 0 aliphatic rings. The van der Waals surface area contributed by atoms with Crippen LogP contribution in [-0.2, 0) is 24.3 Å². The lowest BCUT2D eigenvalue weighted by atomic mass is 10.1. The number of rotatable bonds is 8. The van der Waals surface area contributed by atoms with Crippen molar-refractivity contribution in [1.29, 1.82) is 0 Å². The molecule has 5 N–H and O–H groups in total. The van der Waals surface area contributed by atoms with Crippen molar-refractivity contribution in [3.63, 3.8) is 0 Å². The highest BCUT2D eigenvalue weighted by atomic mass is 16.4. The van der Waals surface area contributed by atoms with Gasteiger partial charge in [0, 0.05) is 48.1 Å². The molecule has 0 unspecified atom stereocenters. The van der Waals surface area contributed by atoms with Gasteiger partial charge in [-0.05, 0) is 58.5 Å². The van der Waals surface area contributed by atoms with Crippen LogP contribution in [0.5, 0.6) is 0 Å². The van der Waals surface area contributed by atoms with Gasteiger partial charge < -0.3 is 25.7 Å². The molecule has 0 fully saturated rings. The number of fused-ring (bicyclic) bond motifs is 2. The topological polar surface area (TPSA) is 119 Å². The van der Waals surface area contributed by atoms with E-state index in [4.69, 9.17) is 5.11 Å². The molecule has 160 valence electrons. The number of H-pyrrole nitrogens is 2. The molecule has 0 aliphatic carbocycles. The van der Waals surface area contributed by atoms with Gasteiger partial charge in [-0.25, -0.2) is 4.98 Å². The molecule has 0 saturated carbocycles. The third-order valence-electron chi connectivity index (χ3n) is 5.37. The summed E-state index contributed by atoms with van der Waals surface area (Å²) in [6.45, 7) is 1.19. The molecule has 5 aromatic rings. The second-order valence-electron chi connectivity index (χ2n) is 7.64. The van der Waals surface area contributed by atoms with Gasteiger partial charge in [-0.3, -0.25) is 4.79 Å². The molecular formula is C24H22N6O2. The van der Waals surface area contributed by atoms with Gasteiger partial charge in [-0.1, -0.05) is 12.1 Å². The molecular weight excluding hydrogens is 404 g/mol. The van der Waals surface area contributed by atoms with Crippen LogP contribution in [0.25, 0.3) is 21.8 Å². The van der Waals surface area contributed by atoms with E-state index in [1.54, 1.807) is 12.4 Å². The average Bonchev–Trinajstić information content (AvgIpc) is 3.43. The summed E-state index contributed by atoms with van der Waals surface area (Å²) < 4.78 is 0. The summed E-state index contributed by atoms with van der Waals surface area (Å²) in [5, 5.41) is 17.8. The van der Waals surface area contributed by atoms with Crippen LogP contribution in [0, 0.1) is 0 Å². The van der Waals surface area contributed by atoms with Crippen molar-refractivity contribution in [2.75, 3.05) is 10.6 Å². The maximum absolute atomic E-state index is 11.1. The number of nitrogens with one attached hydrogen (secondary N) is 4. The maximum Gasteiger partial charge on any atom is 0.307 e. The zero-order valence-electron chi connectivity index (χ0n) is 17.2. The highest BCUT2D eigenvalue weighted by Gasteiger charge is 2.09. The monoisotopic (exact) mass is 426 g/mol. The molecule has 0 radical (unpaired) electrons. The molecule has 0 aliphatic heterocycles. The molecule has 32 heavy (non-hydrogen) atoms. The summed E-state index contributed by atoms with van der Waals surface area (Å²) in [4.78, 5) is 26.2. The molecule has 0 bridgehead atoms. The van der Waals surface area contributed by atoms with E-state index in [0.717, 1.165) is 33.4 Å². The Morgan fingerprint density at radius 1 is 0.938 bits per heavy atom. The van der Waals surface area contributed by atoms with Crippen molar-refractivity contribution in [2.24, 2.45) is 0 Å². The van der Waals surface area contributed by atoms with E-state index >= 15 is 0 Å². The second kappa shape index (κ2) is 8.43. The summed E-state index contributed by atoms with van der Waals surface area (Å²) in [5.74, 6) is 0.415. The molecule has 0 saturated heterocycles. The van der Waals surface area contributed by atoms with Crippen LogP contribution in [0.4, 0.5) is 11.8 Å². The molecule has 0 amide bonds. The summed E-state index contributed by atoms with van der Waals surface area (Å²) in [6, 6.07) is 16.1. The molecule has 8 nitrogen and oxygen atoms in total. The Bertz CT molecular complexity index is 1400. The van der Waals surface area contributed by atoms with E-state index in [1.807, 2.05) is 30.5 Å². The number of anilines is 2. The van der Waals surface area contributed by atoms with Gasteiger partial charge in [0.1, 0.15) is 5.82 Å². The number of aromatic amines is 2. The third kappa shape index (κ3) is 4.24. The van der Waals surface area contributed by atoms with E-state index in [2.05, 4.69) is 54.8 Å². The molecule has 0 atom stereocenters. The normalized spacial score (nSPS) is 11.1. The lowest BCUT2D eigenvalue weighted by molar-refractivity contribution is -0.136. The number of aliphatic carboxylic acids is 1. The lowest BCUT2D eigenvalue weighted by Crippen LogP contribution is -2.07. The largest absolute Gasteiger partial charge is 0.481 e. The van der Waals surface area contributed by atoms with Gasteiger partial charge in [-0.2, -0.15) is 4.98 Å². The Morgan fingerprint density at radius 2 is 1.75 bits per heavy atom. The van der Waals surface area contributed by atoms with Crippen molar-refractivity contribution in [3.8, 4) is 0 Å². The Hall–Kier alpha value is -4.33. The minimum atomic E-state index is -0.847. The van der Waals surface area contributed by atoms with Gasteiger partial charge in [0.2, 0.25) is 5.95 Å². The van der Waals surface area contributed by atoms with E-state index < -0.39 is 5.97 Å². The number of hydrogen-bond acceptors (Lipinski definition) is 5. The summed E-state index contributed by atoms with van der Waals surface area (Å²) in [6.07, 6.45) is 5.39. The lowest BCUT2D eigenvalue weighted by Gasteiger charge is -2.09. The smallest absolute Gasteiger partial charge is 0.307 e. The first kappa shape index (κ1) is 19.6. The Balaban J connectivity index is 1.24. The van der Waals surface area contributed by atoms with Gasteiger partial charge in [0.15, 0.2) is 0 Å². The van der Waals surface area contributed by atoms with E-state index in [1.165, 1.54) is 10.9 Å². The number of hydrogen-bond donors (Lipinski definition) is 5. The first-order valence-corrected chi connectivity index (χ1v) is 10.3. The number of carbonyl (C=O) groups is 1. The second-order valence-corrected chi connectivity index (χ2v) is 7.64. The Kier molecular flexibility index (Phi) is 5.17. The Labute approximate surface area is 183 Å². The Morgan fingerprint density at radius 3 is 2.62 bits per heavy atom. The van der Waals surface area contributed by atoms with Crippen molar-refractivity contribution < 1.29 is 9.90 Å². The number of aromatic nitrogens is 4. The van der Waals surface area contributed by atoms with Crippen molar-refractivity contribution in [1.82, 2.24) is 19.9 Å². The predicted molar refractivity (Wildman–Crippen MR) is 125 cm³/mol. The fourth-order valence-electron chi connectivity index (χ4n) is 3.77. The van der Waals surface area contributed by atoms with Crippen LogP contribution in [0.3, 0.4) is 0 Å². The van der Waals surface area contributed by atoms with Gasteiger partial charge in [0.05, 0.1) is 6.42 Å². The van der Waals surface area contributed by atoms with Crippen LogP contribution in [-0.4, -0.2) is 31.0 Å². The van der Waals surface area contributed by atoms with Crippen LogP contribution < -0.4 is 10.6 Å². The maximum atomic E-state index is 11.1. The van der Waals surface area contributed by atoms with E-state index in [0.29, 0.717) is 19.0 Å². The van der Waals surface area contributed by atoms with Crippen molar-refractivity contribution in [2.45, 2.75) is 19.5 Å². The summed E-state index contributed by atoms with van der Waals surface area (Å²) in [7, 11) is 0. The van der Waals surface area contributed by atoms with Crippen LogP contribution >= 0.6 is 0 Å². The van der Waals surface area contributed by atoms with E-state index in [-0.39, 0.29) is 6.42 Å². The zero-order chi connectivity index (χ0) is 21.9. The third-order valence-corrected chi connectivity index (χ3v) is 5.37. The van der Waals surface area contributed by atoms with Crippen LogP contribution in [0.2, 0.25) is 0 Å². The zero-order valence-corrected chi connectivity index (χ0v) is 17.2. The molecule has 2 aromatic carbocycles. The predicted octanol–water partition coefficient (Wildman–Crippen LogP) is 4.29. The first-order valence-electron chi connectivity index (χ1n) is 10.3. The fraction of sp³-hybridized carbons (Fsp3) is 0.125.